The number of carbonyl (C=O) groups excluding carboxylic acids is 2. The predicted molar refractivity (Wildman–Crippen MR) is 137 cm³/mol. The molecule has 0 spiro atoms. The number of benzene rings is 3. The number of carbonyl (C=O) groups is 2. The molecule has 182 valence electrons. The molecular formula is C30H28FN3O2. The van der Waals surface area contributed by atoms with Crippen molar-refractivity contribution in [3.63, 3.8) is 0 Å². The van der Waals surface area contributed by atoms with Crippen molar-refractivity contribution in [2.45, 2.75) is 45.3 Å². The Morgan fingerprint density at radius 1 is 1.03 bits per heavy atom. The van der Waals surface area contributed by atoms with Crippen LogP contribution in [0.5, 0.6) is 0 Å². The fourth-order valence-corrected chi connectivity index (χ4v) is 5.45. The van der Waals surface area contributed by atoms with Gasteiger partial charge >= 0.3 is 0 Å². The SMILES string of the molecule is CC1(C)C(=O)N(c2ccc3c(c2)CN=C3c2ccc(F)cc2)[C@H](c2ccccc2)[C@H]1NC(=O)C1CC1. The number of hydrogen-bond donors (Lipinski definition) is 1. The average Bonchev–Trinajstić information content (AvgIpc) is 3.62. The Morgan fingerprint density at radius 2 is 1.75 bits per heavy atom. The number of nitrogens with one attached hydrogen (secondary N) is 1. The molecule has 5 nitrogen and oxygen atoms in total. The molecule has 0 bridgehead atoms. The van der Waals surface area contributed by atoms with E-state index in [0.29, 0.717) is 6.54 Å². The molecule has 1 aliphatic carbocycles. The highest BCUT2D eigenvalue weighted by atomic mass is 19.1. The Kier molecular flexibility index (Phi) is 5.29. The zero-order valence-corrected chi connectivity index (χ0v) is 20.4. The van der Waals surface area contributed by atoms with Crippen LogP contribution in [0, 0.1) is 17.2 Å². The first-order valence-electron chi connectivity index (χ1n) is 12.5. The molecule has 6 rings (SSSR count). The summed E-state index contributed by atoms with van der Waals surface area (Å²) in [5.41, 5.74) is 4.71. The van der Waals surface area contributed by atoms with Crippen LogP contribution >= 0.6 is 0 Å². The fraction of sp³-hybridized carbons (Fsp3) is 0.300. The number of fused-ring (bicyclic) bond motifs is 1. The van der Waals surface area contributed by atoms with E-state index in [1.807, 2.05) is 67.3 Å². The van der Waals surface area contributed by atoms with Crippen LogP contribution in [0.25, 0.3) is 0 Å². The topological polar surface area (TPSA) is 61.8 Å². The fourth-order valence-electron chi connectivity index (χ4n) is 5.45. The van der Waals surface area contributed by atoms with Crippen molar-refractivity contribution < 1.29 is 14.0 Å². The van der Waals surface area contributed by atoms with E-state index in [1.165, 1.54) is 12.1 Å². The standard InChI is InChI=1S/C30H28FN3O2/c1-30(2)27(33-28(35)20-8-9-20)26(19-6-4-3-5-7-19)34(29(30)36)23-14-15-24-21(16-23)17-32-25(24)18-10-12-22(31)13-11-18/h3-7,10-16,20,26-27H,8-9,17H2,1-2H3,(H,33,35)/t26-,27-/m1/s1. The average molecular weight is 482 g/mol. The van der Waals surface area contributed by atoms with Crippen LogP contribution in [0.15, 0.2) is 77.8 Å². The monoisotopic (exact) mass is 481 g/mol. The molecule has 2 aliphatic heterocycles. The second-order valence-corrected chi connectivity index (χ2v) is 10.5. The van der Waals surface area contributed by atoms with E-state index in [0.717, 1.165) is 46.5 Å². The van der Waals surface area contributed by atoms with Gasteiger partial charge in [-0.05, 0) is 74.2 Å². The molecule has 0 aromatic heterocycles. The summed E-state index contributed by atoms with van der Waals surface area (Å²) in [6.07, 6.45) is 1.82. The van der Waals surface area contributed by atoms with Crippen molar-refractivity contribution in [3.05, 3.63) is 101 Å². The van der Waals surface area contributed by atoms with E-state index < -0.39 is 5.41 Å². The van der Waals surface area contributed by atoms with E-state index in [9.17, 15) is 14.0 Å². The van der Waals surface area contributed by atoms with Gasteiger partial charge in [0, 0.05) is 22.7 Å². The lowest BCUT2D eigenvalue weighted by atomic mass is 9.82. The third-order valence-corrected chi connectivity index (χ3v) is 7.68. The summed E-state index contributed by atoms with van der Waals surface area (Å²) in [6, 6.07) is 21.6. The quantitative estimate of drug-likeness (QED) is 0.546. The summed E-state index contributed by atoms with van der Waals surface area (Å²) in [7, 11) is 0. The lowest BCUT2D eigenvalue weighted by Crippen LogP contribution is -2.47. The normalized spacial score (nSPS) is 22.4. The molecule has 1 N–H and O–H groups in total. The number of hydrogen-bond acceptors (Lipinski definition) is 3. The maximum Gasteiger partial charge on any atom is 0.235 e. The van der Waals surface area contributed by atoms with Gasteiger partial charge in [0.15, 0.2) is 0 Å². The van der Waals surface area contributed by atoms with Gasteiger partial charge in [-0.2, -0.15) is 0 Å². The summed E-state index contributed by atoms with van der Waals surface area (Å²) in [6.45, 7) is 4.34. The molecule has 3 aromatic rings. The van der Waals surface area contributed by atoms with E-state index in [4.69, 9.17) is 4.99 Å². The van der Waals surface area contributed by atoms with E-state index in [2.05, 4.69) is 5.32 Å². The molecule has 2 fully saturated rings. The summed E-state index contributed by atoms with van der Waals surface area (Å²) < 4.78 is 13.4. The number of aliphatic imine (C=N–C) groups is 1. The smallest absolute Gasteiger partial charge is 0.235 e. The Labute approximate surface area is 210 Å². The van der Waals surface area contributed by atoms with Gasteiger partial charge < -0.3 is 10.2 Å². The summed E-state index contributed by atoms with van der Waals surface area (Å²) in [5.74, 6) is -0.202. The second-order valence-electron chi connectivity index (χ2n) is 10.5. The minimum Gasteiger partial charge on any atom is -0.350 e. The highest BCUT2D eigenvalue weighted by molar-refractivity contribution is 6.15. The molecule has 0 unspecified atom stereocenters. The van der Waals surface area contributed by atoms with Gasteiger partial charge in [-0.25, -0.2) is 4.39 Å². The molecule has 1 saturated carbocycles. The van der Waals surface area contributed by atoms with E-state index in [-0.39, 0.29) is 35.6 Å². The van der Waals surface area contributed by atoms with Gasteiger partial charge in [0.1, 0.15) is 5.82 Å². The molecule has 2 amide bonds. The van der Waals surface area contributed by atoms with Crippen molar-refractivity contribution in [1.29, 1.82) is 0 Å². The first kappa shape index (κ1) is 22.7. The highest BCUT2D eigenvalue weighted by Crippen LogP contribution is 2.47. The number of rotatable bonds is 5. The van der Waals surface area contributed by atoms with Gasteiger partial charge in [-0.3, -0.25) is 14.6 Å². The molecular weight excluding hydrogens is 453 g/mol. The largest absolute Gasteiger partial charge is 0.350 e. The third kappa shape index (κ3) is 3.72. The van der Waals surface area contributed by atoms with Crippen LogP contribution in [0.1, 0.15) is 55.0 Å². The van der Waals surface area contributed by atoms with Gasteiger partial charge in [-0.15, -0.1) is 0 Å². The summed E-state index contributed by atoms with van der Waals surface area (Å²) in [4.78, 5) is 33.3. The van der Waals surface area contributed by atoms with Gasteiger partial charge in [0.05, 0.1) is 29.8 Å². The maximum absolute atomic E-state index is 13.9. The van der Waals surface area contributed by atoms with Crippen molar-refractivity contribution in [2.24, 2.45) is 16.3 Å². The predicted octanol–water partition coefficient (Wildman–Crippen LogP) is 5.19. The Bertz CT molecular complexity index is 1380. The molecule has 3 aromatic carbocycles. The Morgan fingerprint density at radius 3 is 2.44 bits per heavy atom. The number of anilines is 1. The second kappa shape index (κ2) is 8.40. The first-order chi connectivity index (χ1) is 17.3. The highest BCUT2D eigenvalue weighted by Gasteiger charge is 2.56. The Hall–Kier alpha value is -3.80. The number of halogens is 1. The van der Waals surface area contributed by atoms with E-state index >= 15 is 0 Å². The minimum atomic E-state index is -0.778. The zero-order valence-electron chi connectivity index (χ0n) is 20.4. The molecule has 2 heterocycles. The molecule has 2 atom stereocenters. The lowest BCUT2D eigenvalue weighted by Gasteiger charge is -2.31. The van der Waals surface area contributed by atoms with E-state index in [1.54, 1.807) is 12.1 Å². The van der Waals surface area contributed by atoms with Crippen LogP contribution in [0.2, 0.25) is 0 Å². The van der Waals surface area contributed by atoms with Crippen molar-refractivity contribution in [3.8, 4) is 0 Å². The van der Waals surface area contributed by atoms with Crippen LogP contribution in [0.3, 0.4) is 0 Å². The van der Waals surface area contributed by atoms with Crippen LogP contribution in [-0.4, -0.2) is 23.6 Å². The first-order valence-corrected chi connectivity index (χ1v) is 12.5. The third-order valence-electron chi connectivity index (χ3n) is 7.68. The van der Waals surface area contributed by atoms with Crippen LogP contribution in [-0.2, 0) is 16.1 Å². The van der Waals surface area contributed by atoms with Crippen LogP contribution in [0.4, 0.5) is 10.1 Å². The molecule has 36 heavy (non-hydrogen) atoms. The molecule has 6 heteroatoms. The Balaban J connectivity index is 1.39. The lowest BCUT2D eigenvalue weighted by molar-refractivity contribution is -0.126. The summed E-state index contributed by atoms with van der Waals surface area (Å²) in [5, 5.41) is 3.24. The minimum absolute atomic E-state index is 0.0185. The van der Waals surface area contributed by atoms with Crippen LogP contribution < -0.4 is 10.2 Å². The maximum atomic E-state index is 13.9. The summed E-state index contributed by atoms with van der Waals surface area (Å²) >= 11 is 0. The number of nitrogens with zero attached hydrogens (tertiary/aromatic N) is 2. The van der Waals surface area contributed by atoms with Crippen molar-refractivity contribution in [2.75, 3.05) is 4.90 Å². The number of amides is 2. The van der Waals surface area contributed by atoms with Crippen molar-refractivity contribution >= 4 is 23.2 Å². The van der Waals surface area contributed by atoms with Crippen molar-refractivity contribution in [1.82, 2.24) is 5.32 Å². The molecule has 0 radical (unpaired) electrons. The zero-order chi connectivity index (χ0) is 25.0. The van der Waals surface area contributed by atoms with Gasteiger partial charge in [-0.1, -0.05) is 36.4 Å². The molecule has 1 saturated heterocycles. The van der Waals surface area contributed by atoms with Gasteiger partial charge in [0.2, 0.25) is 11.8 Å². The van der Waals surface area contributed by atoms with Gasteiger partial charge in [0.25, 0.3) is 0 Å². The molecule has 3 aliphatic rings.